The van der Waals surface area contributed by atoms with Crippen LogP contribution in [0.1, 0.15) is 31.0 Å². The lowest BCUT2D eigenvalue weighted by Crippen LogP contribution is -2.49. The first-order chi connectivity index (χ1) is 11.3. The highest BCUT2D eigenvalue weighted by Gasteiger charge is 2.29. The van der Waals surface area contributed by atoms with E-state index in [9.17, 15) is 0 Å². The fourth-order valence-corrected chi connectivity index (χ4v) is 3.29. The molecule has 0 spiro atoms. The van der Waals surface area contributed by atoms with Crippen molar-refractivity contribution in [3.05, 3.63) is 18.2 Å². The molecular weight excluding hydrogens is 290 g/mol. The van der Waals surface area contributed by atoms with E-state index in [1.165, 1.54) is 5.69 Å². The van der Waals surface area contributed by atoms with Gasteiger partial charge in [0.2, 0.25) is 0 Å². The molecule has 0 amide bonds. The predicted molar refractivity (Wildman–Crippen MR) is 94.0 cm³/mol. The highest BCUT2D eigenvalue weighted by Crippen LogP contribution is 2.25. The zero-order valence-corrected chi connectivity index (χ0v) is 14.2. The van der Waals surface area contributed by atoms with Gasteiger partial charge in [-0.25, -0.2) is 4.98 Å². The normalized spacial score (nSPS) is 20.2. The second kappa shape index (κ2) is 10.00. The molecule has 1 atom stereocenters. The molecule has 2 rings (SSSR count). The van der Waals surface area contributed by atoms with Gasteiger partial charge in [-0.2, -0.15) is 0 Å². The van der Waals surface area contributed by atoms with Crippen molar-refractivity contribution in [1.29, 1.82) is 0 Å². The number of piperazine rings is 1. The van der Waals surface area contributed by atoms with Gasteiger partial charge in [0.15, 0.2) is 0 Å². The van der Waals surface area contributed by atoms with E-state index in [4.69, 9.17) is 17.2 Å². The lowest BCUT2D eigenvalue weighted by Gasteiger charge is -2.41. The smallest absolute Gasteiger partial charge is 0.0948 e. The second-order valence-corrected chi connectivity index (χ2v) is 6.29. The highest BCUT2D eigenvalue weighted by molar-refractivity contribution is 5.08. The molecule has 1 aromatic heterocycles. The van der Waals surface area contributed by atoms with Crippen LogP contribution in [-0.2, 0) is 6.54 Å². The van der Waals surface area contributed by atoms with Crippen molar-refractivity contribution in [2.75, 3.05) is 52.4 Å². The van der Waals surface area contributed by atoms with Crippen molar-refractivity contribution in [3.8, 4) is 0 Å². The van der Waals surface area contributed by atoms with Crippen LogP contribution in [0.3, 0.4) is 0 Å². The van der Waals surface area contributed by atoms with Crippen molar-refractivity contribution in [2.24, 2.45) is 17.2 Å². The number of nitrogens with zero attached hydrogens (tertiary/aromatic N) is 4. The number of aromatic nitrogens is 2. The maximum absolute atomic E-state index is 5.72. The highest BCUT2D eigenvalue weighted by atomic mass is 15.3. The Labute approximate surface area is 139 Å². The molecule has 1 fully saturated rings. The first-order valence-corrected chi connectivity index (χ1v) is 8.86. The van der Waals surface area contributed by atoms with Crippen LogP contribution < -0.4 is 17.2 Å². The molecular formula is C16H33N7. The van der Waals surface area contributed by atoms with Crippen LogP contribution >= 0.6 is 0 Å². The lowest BCUT2D eigenvalue weighted by molar-refractivity contribution is 0.0690. The molecule has 7 nitrogen and oxygen atoms in total. The lowest BCUT2D eigenvalue weighted by atomic mass is 10.1. The summed E-state index contributed by atoms with van der Waals surface area (Å²) in [4.78, 5) is 9.47. The van der Waals surface area contributed by atoms with E-state index < -0.39 is 0 Å². The van der Waals surface area contributed by atoms with E-state index in [-0.39, 0.29) is 0 Å². The minimum atomic E-state index is 0.383. The third kappa shape index (κ3) is 5.26. The summed E-state index contributed by atoms with van der Waals surface area (Å²) in [5, 5.41) is 0. The molecule has 2 heterocycles. The summed E-state index contributed by atoms with van der Waals surface area (Å²) >= 11 is 0. The largest absolute Gasteiger partial charge is 0.333 e. The first kappa shape index (κ1) is 18.4. The summed E-state index contributed by atoms with van der Waals surface area (Å²) in [6, 6.07) is 0.383. The number of hydrogen-bond donors (Lipinski definition) is 3. The first-order valence-electron chi connectivity index (χ1n) is 8.86. The van der Waals surface area contributed by atoms with Gasteiger partial charge in [0.1, 0.15) is 0 Å². The number of hydrogen-bond acceptors (Lipinski definition) is 6. The van der Waals surface area contributed by atoms with E-state index in [0.717, 1.165) is 71.6 Å². The van der Waals surface area contributed by atoms with Crippen LogP contribution in [0.4, 0.5) is 0 Å². The quantitative estimate of drug-likeness (QED) is 0.541. The Balaban J connectivity index is 2.08. The minimum absolute atomic E-state index is 0.383. The number of rotatable bonds is 10. The average molecular weight is 323 g/mol. The Bertz CT molecular complexity index is 434. The molecule has 1 saturated heterocycles. The fraction of sp³-hybridized carbons (Fsp3) is 0.812. The van der Waals surface area contributed by atoms with Gasteiger partial charge in [-0.05, 0) is 45.4 Å². The molecule has 23 heavy (non-hydrogen) atoms. The molecule has 0 saturated carbocycles. The molecule has 0 bridgehead atoms. The second-order valence-electron chi connectivity index (χ2n) is 6.29. The third-order valence-electron chi connectivity index (χ3n) is 4.59. The maximum Gasteiger partial charge on any atom is 0.0948 e. The zero-order chi connectivity index (χ0) is 16.5. The Kier molecular flexibility index (Phi) is 7.98. The molecule has 0 aromatic carbocycles. The summed E-state index contributed by atoms with van der Waals surface area (Å²) in [5.74, 6) is 0. The topological polar surface area (TPSA) is 102 Å². The van der Waals surface area contributed by atoms with Crippen molar-refractivity contribution in [1.82, 2.24) is 19.4 Å². The standard InChI is InChI=1S/C16H33N7/c17-4-1-7-21-10-11-22(8-2-5-18)16(13-21)15-12-20-14-23(15)9-3-6-19/h12,14,16H,1-11,13,17-19H2. The van der Waals surface area contributed by atoms with Gasteiger partial charge in [0.25, 0.3) is 0 Å². The van der Waals surface area contributed by atoms with Crippen LogP contribution in [0.2, 0.25) is 0 Å². The SMILES string of the molecule is NCCCN1CCN(CCCN)C(c2cncn2CCCN)C1. The van der Waals surface area contributed by atoms with Crippen LogP contribution in [0, 0.1) is 0 Å². The van der Waals surface area contributed by atoms with Crippen LogP contribution in [0.15, 0.2) is 12.5 Å². The van der Waals surface area contributed by atoms with E-state index in [1.807, 2.05) is 12.5 Å². The monoisotopic (exact) mass is 323 g/mol. The van der Waals surface area contributed by atoms with E-state index >= 15 is 0 Å². The van der Waals surface area contributed by atoms with E-state index in [1.54, 1.807) is 0 Å². The van der Waals surface area contributed by atoms with Crippen molar-refractivity contribution in [3.63, 3.8) is 0 Å². The molecule has 0 aliphatic carbocycles. The van der Waals surface area contributed by atoms with Crippen LogP contribution in [0.25, 0.3) is 0 Å². The molecule has 0 radical (unpaired) electrons. The Hall–Kier alpha value is -0.990. The average Bonchev–Trinajstić information content (AvgIpc) is 3.04. The summed E-state index contributed by atoms with van der Waals surface area (Å²) < 4.78 is 2.26. The van der Waals surface area contributed by atoms with E-state index in [2.05, 4.69) is 19.4 Å². The molecule has 7 heteroatoms. The van der Waals surface area contributed by atoms with Gasteiger partial charge in [0, 0.05) is 38.9 Å². The Morgan fingerprint density at radius 2 is 1.65 bits per heavy atom. The van der Waals surface area contributed by atoms with Gasteiger partial charge < -0.3 is 26.7 Å². The van der Waals surface area contributed by atoms with Crippen molar-refractivity contribution >= 4 is 0 Å². The van der Waals surface area contributed by atoms with Gasteiger partial charge >= 0.3 is 0 Å². The Morgan fingerprint density at radius 1 is 0.957 bits per heavy atom. The molecule has 1 aliphatic rings. The number of nitrogens with two attached hydrogens (primary N) is 3. The molecule has 6 N–H and O–H groups in total. The molecule has 1 aromatic rings. The number of imidazole rings is 1. The van der Waals surface area contributed by atoms with Gasteiger partial charge in [-0.3, -0.25) is 4.90 Å². The van der Waals surface area contributed by atoms with Gasteiger partial charge in [-0.15, -0.1) is 0 Å². The van der Waals surface area contributed by atoms with Gasteiger partial charge in [0.05, 0.1) is 18.1 Å². The minimum Gasteiger partial charge on any atom is -0.333 e. The Morgan fingerprint density at radius 3 is 2.39 bits per heavy atom. The zero-order valence-electron chi connectivity index (χ0n) is 14.2. The van der Waals surface area contributed by atoms with Crippen LogP contribution in [-0.4, -0.2) is 71.7 Å². The number of aryl methyl sites for hydroxylation is 1. The van der Waals surface area contributed by atoms with Crippen LogP contribution in [0.5, 0.6) is 0 Å². The summed E-state index contributed by atoms with van der Waals surface area (Å²) in [6.07, 6.45) is 7.03. The third-order valence-corrected chi connectivity index (χ3v) is 4.59. The van der Waals surface area contributed by atoms with Crippen molar-refractivity contribution in [2.45, 2.75) is 31.8 Å². The van der Waals surface area contributed by atoms with Crippen molar-refractivity contribution < 1.29 is 0 Å². The molecule has 1 aliphatic heterocycles. The molecule has 1 unspecified atom stereocenters. The summed E-state index contributed by atoms with van der Waals surface area (Å²) in [5.41, 5.74) is 18.4. The summed E-state index contributed by atoms with van der Waals surface area (Å²) in [7, 11) is 0. The predicted octanol–water partition coefficient (Wildman–Crippen LogP) is -0.412. The summed E-state index contributed by atoms with van der Waals surface area (Å²) in [6.45, 7) is 8.51. The van der Waals surface area contributed by atoms with E-state index in [0.29, 0.717) is 12.6 Å². The molecule has 132 valence electrons. The fourth-order valence-electron chi connectivity index (χ4n) is 3.29. The maximum atomic E-state index is 5.72. The van der Waals surface area contributed by atoms with Gasteiger partial charge in [-0.1, -0.05) is 0 Å².